The normalized spacial score (nSPS) is 31.2. The first-order valence-corrected chi connectivity index (χ1v) is 10.5. The van der Waals surface area contributed by atoms with E-state index in [0.29, 0.717) is 17.5 Å². The number of rotatable bonds is 2. The summed E-state index contributed by atoms with van der Waals surface area (Å²) in [5.74, 6) is 0. The summed E-state index contributed by atoms with van der Waals surface area (Å²) in [6.45, 7) is 10.4. The van der Waals surface area contributed by atoms with Crippen LogP contribution in [-0.2, 0) is 20.9 Å². The van der Waals surface area contributed by atoms with E-state index >= 15 is 0 Å². The van der Waals surface area contributed by atoms with E-state index in [1.807, 2.05) is 12.1 Å². The molecule has 2 heterocycles. The van der Waals surface area contributed by atoms with Gasteiger partial charge in [-0.05, 0) is 53.4 Å². The van der Waals surface area contributed by atoms with Gasteiger partial charge >= 0.3 is 0 Å². The predicted molar refractivity (Wildman–Crippen MR) is 95.8 cm³/mol. The van der Waals surface area contributed by atoms with Crippen molar-refractivity contribution >= 4 is 10.0 Å². The fraction of sp³-hybridized carbons (Fsp3) is 0.684. The molecular weight excluding hydrogens is 320 g/mol. The number of hydrogen-bond donors (Lipinski definition) is 1. The lowest BCUT2D eigenvalue weighted by Crippen LogP contribution is -2.46. The molecule has 4 nitrogen and oxygen atoms in total. The Morgan fingerprint density at radius 3 is 2.33 bits per heavy atom. The van der Waals surface area contributed by atoms with Gasteiger partial charge in [0.05, 0.1) is 4.90 Å². The summed E-state index contributed by atoms with van der Waals surface area (Å²) >= 11 is 0. The molecule has 1 aromatic carbocycles. The van der Waals surface area contributed by atoms with Gasteiger partial charge in [-0.25, -0.2) is 8.42 Å². The van der Waals surface area contributed by atoms with Crippen molar-refractivity contribution in [3.05, 3.63) is 29.3 Å². The van der Waals surface area contributed by atoms with Crippen LogP contribution >= 0.6 is 0 Å². The second-order valence-corrected chi connectivity index (χ2v) is 10.9. The number of piperazine rings is 1. The minimum atomic E-state index is -3.40. The standard InChI is InChI=1S/C19H28N2O2S/c1-18(2)7-8-19(3,4)17-10-15(5-6-16(17)18)24(22,23)21-12-13-9-14(21)11-20-13/h5-6,10,13-14,20H,7-9,11-12H2,1-4H3/t13-,14-/m0/s1. The average molecular weight is 349 g/mol. The van der Waals surface area contributed by atoms with Crippen LogP contribution in [0.2, 0.25) is 0 Å². The summed E-state index contributed by atoms with van der Waals surface area (Å²) in [4.78, 5) is 0.472. The highest BCUT2D eigenvalue weighted by molar-refractivity contribution is 7.89. The maximum atomic E-state index is 13.2. The molecule has 3 aliphatic rings. The first kappa shape index (κ1) is 16.6. The van der Waals surface area contributed by atoms with Gasteiger partial charge < -0.3 is 5.32 Å². The summed E-state index contributed by atoms with van der Waals surface area (Å²) in [6, 6.07) is 6.32. The molecule has 5 heteroatoms. The highest BCUT2D eigenvalue weighted by Crippen LogP contribution is 2.46. The molecule has 0 radical (unpaired) electrons. The minimum Gasteiger partial charge on any atom is -0.311 e. The zero-order chi connectivity index (χ0) is 17.3. The quantitative estimate of drug-likeness (QED) is 0.894. The zero-order valence-corrected chi connectivity index (χ0v) is 15.9. The first-order chi connectivity index (χ1) is 11.1. The molecule has 2 aliphatic heterocycles. The van der Waals surface area contributed by atoms with Crippen molar-refractivity contribution in [1.29, 1.82) is 0 Å². The molecule has 2 fully saturated rings. The second-order valence-electron chi connectivity index (χ2n) is 9.04. The van der Waals surface area contributed by atoms with Crippen LogP contribution in [0.3, 0.4) is 0 Å². The van der Waals surface area contributed by atoms with Gasteiger partial charge in [-0.15, -0.1) is 0 Å². The van der Waals surface area contributed by atoms with Crippen LogP contribution in [0.5, 0.6) is 0 Å². The third-order valence-corrected chi connectivity index (χ3v) is 8.35. The number of nitrogens with one attached hydrogen (secondary N) is 1. The van der Waals surface area contributed by atoms with E-state index in [-0.39, 0.29) is 16.9 Å². The number of hydrogen-bond acceptors (Lipinski definition) is 3. The minimum absolute atomic E-state index is 0.0297. The van der Waals surface area contributed by atoms with Crippen molar-refractivity contribution in [3.8, 4) is 0 Å². The molecule has 0 aromatic heterocycles. The Labute approximate surface area is 145 Å². The maximum Gasteiger partial charge on any atom is 0.243 e. The Hall–Kier alpha value is -0.910. The van der Waals surface area contributed by atoms with Gasteiger partial charge in [-0.2, -0.15) is 4.31 Å². The molecule has 1 N–H and O–H groups in total. The summed E-state index contributed by atoms with van der Waals surface area (Å²) in [6.07, 6.45) is 3.18. The number of sulfonamides is 1. The molecule has 0 saturated carbocycles. The van der Waals surface area contributed by atoms with Crippen LogP contribution in [0, 0.1) is 0 Å². The van der Waals surface area contributed by atoms with Gasteiger partial charge in [0, 0.05) is 25.2 Å². The molecule has 1 aromatic rings. The lowest BCUT2D eigenvalue weighted by molar-refractivity contribution is 0.330. The molecule has 2 atom stereocenters. The van der Waals surface area contributed by atoms with Gasteiger partial charge in [0.15, 0.2) is 0 Å². The van der Waals surface area contributed by atoms with Crippen molar-refractivity contribution in [3.63, 3.8) is 0 Å². The van der Waals surface area contributed by atoms with Gasteiger partial charge in [0.1, 0.15) is 0 Å². The number of fused-ring (bicyclic) bond motifs is 3. The fourth-order valence-electron chi connectivity index (χ4n) is 4.68. The largest absolute Gasteiger partial charge is 0.311 e. The van der Waals surface area contributed by atoms with Crippen LogP contribution in [0.25, 0.3) is 0 Å². The Kier molecular flexibility index (Phi) is 3.49. The number of benzene rings is 1. The van der Waals surface area contributed by atoms with E-state index < -0.39 is 10.0 Å². The molecule has 2 bridgehead atoms. The van der Waals surface area contributed by atoms with E-state index in [2.05, 4.69) is 39.1 Å². The van der Waals surface area contributed by atoms with Gasteiger partial charge in [-0.3, -0.25) is 0 Å². The molecule has 2 saturated heterocycles. The molecule has 0 amide bonds. The molecule has 0 unspecified atom stereocenters. The van der Waals surface area contributed by atoms with E-state index in [1.54, 1.807) is 4.31 Å². The summed E-state index contributed by atoms with van der Waals surface area (Å²) in [5, 5.41) is 3.38. The lowest BCUT2D eigenvalue weighted by atomic mass is 9.63. The Bertz CT molecular complexity index is 783. The monoisotopic (exact) mass is 348 g/mol. The summed E-state index contributed by atoms with van der Waals surface area (Å²) in [7, 11) is -3.40. The SMILES string of the molecule is CC1(C)CCC(C)(C)c2cc(S(=O)(=O)N3C[C@@H]4C[C@H]3CN4)ccc21. The third kappa shape index (κ3) is 2.36. The van der Waals surface area contributed by atoms with Crippen molar-refractivity contribution in [2.75, 3.05) is 13.1 Å². The van der Waals surface area contributed by atoms with Gasteiger partial charge in [0.25, 0.3) is 0 Å². The van der Waals surface area contributed by atoms with Crippen LogP contribution in [-0.4, -0.2) is 37.9 Å². The average Bonchev–Trinajstić information content (AvgIpc) is 3.15. The molecule has 132 valence electrons. The molecule has 24 heavy (non-hydrogen) atoms. The lowest BCUT2D eigenvalue weighted by Gasteiger charge is -2.42. The first-order valence-electron chi connectivity index (χ1n) is 9.01. The van der Waals surface area contributed by atoms with Crippen molar-refractivity contribution in [1.82, 2.24) is 9.62 Å². The summed E-state index contributed by atoms with van der Waals surface area (Å²) < 4.78 is 28.1. The van der Waals surface area contributed by atoms with Gasteiger partial charge in [0.2, 0.25) is 10.0 Å². The number of nitrogens with zero attached hydrogens (tertiary/aromatic N) is 1. The Balaban J connectivity index is 1.78. The van der Waals surface area contributed by atoms with E-state index in [1.165, 1.54) is 11.1 Å². The predicted octanol–water partition coefficient (Wildman–Crippen LogP) is 2.77. The summed E-state index contributed by atoms with van der Waals surface area (Å²) in [5.41, 5.74) is 2.66. The highest BCUT2D eigenvalue weighted by Gasteiger charge is 2.45. The maximum absolute atomic E-state index is 13.2. The fourth-order valence-corrected chi connectivity index (χ4v) is 6.39. The van der Waals surface area contributed by atoms with Crippen molar-refractivity contribution < 1.29 is 8.42 Å². The molecule has 0 spiro atoms. The molecular formula is C19H28N2O2S. The van der Waals surface area contributed by atoms with E-state index in [9.17, 15) is 8.42 Å². The van der Waals surface area contributed by atoms with Gasteiger partial charge in [-0.1, -0.05) is 33.8 Å². The van der Waals surface area contributed by atoms with Crippen LogP contribution < -0.4 is 5.32 Å². The van der Waals surface area contributed by atoms with Crippen molar-refractivity contribution in [2.45, 2.75) is 74.8 Å². The van der Waals surface area contributed by atoms with Crippen molar-refractivity contribution in [2.24, 2.45) is 0 Å². The van der Waals surface area contributed by atoms with Crippen LogP contribution in [0.1, 0.15) is 58.1 Å². The van der Waals surface area contributed by atoms with Crippen LogP contribution in [0.15, 0.2) is 23.1 Å². The van der Waals surface area contributed by atoms with E-state index in [4.69, 9.17) is 0 Å². The third-order valence-electron chi connectivity index (χ3n) is 6.44. The molecule has 4 rings (SSSR count). The second kappa shape index (κ2) is 5.05. The zero-order valence-electron chi connectivity index (χ0n) is 15.1. The smallest absolute Gasteiger partial charge is 0.243 e. The highest BCUT2D eigenvalue weighted by atomic mass is 32.2. The van der Waals surface area contributed by atoms with E-state index in [0.717, 1.165) is 25.8 Å². The van der Waals surface area contributed by atoms with Crippen LogP contribution in [0.4, 0.5) is 0 Å². The molecule has 1 aliphatic carbocycles. The topological polar surface area (TPSA) is 49.4 Å². The Morgan fingerprint density at radius 1 is 1.08 bits per heavy atom. The Morgan fingerprint density at radius 2 is 1.75 bits per heavy atom.